The van der Waals surface area contributed by atoms with Crippen LogP contribution in [0.2, 0.25) is 0 Å². The van der Waals surface area contributed by atoms with E-state index in [2.05, 4.69) is 36.1 Å². The normalized spacial score (nSPS) is 35.2. The lowest BCUT2D eigenvalue weighted by atomic mass is 9.81. The molecule has 3 aliphatic rings. The number of hydrogen-bond acceptors (Lipinski definition) is 2. The van der Waals surface area contributed by atoms with Crippen molar-refractivity contribution in [3.05, 3.63) is 35.4 Å². The average Bonchev–Trinajstić information content (AvgIpc) is 3.11. The summed E-state index contributed by atoms with van der Waals surface area (Å²) in [5.74, 6) is 1.97. The molecule has 1 aromatic carbocycles. The van der Waals surface area contributed by atoms with Crippen LogP contribution >= 0.6 is 0 Å². The Kier molecular flexibility index (Phi) is 3.35. The van der Waals surface area contributed by atoms with Gasteiger partial charge in [-0.1, -0.05) is 30.7 Å². The summed E-state index contributed by atoms with van der Waals surface area (Å²) in [5.41, 5.74) is 1.78. The Bertz CT molecular complexity index is 518. The molecule has 2 saturated carbocycles. The Morgan fingerprint density at radius 1 is 1.10 bits per heavy atom. The van der Waals surface area contributed by atoms with Crippen molar-refractivity contribution in [2.75, 3.05) is 13.1 Å². The maximum absolute atomic E-state index is 11.1. The molecule has 0 aromatic heterocycles. The highest BCUT2D eigenvalue weighted by molar-refractivity contribution is 5.31. The molecule has 2 nitrogen and oxygen atoms in total. The number of likely N-dealkylation sites (tertiary alicyclic amines) is 1. The summed E-state index contributed by atoms with van der Waals surface area (Å²) in [6.07, 6.45) is 7.62. The minimum atomic E-state index is -0.598. The number of aryl methyl sites for hydroxylation is 1. The molecule has 1 aromatic rings. The van der Waals surface area contributed by atoms with E-state index in [1.807, 2.05) is 0 Å². The lowest BCUT2D eigenvalue weighted by Crippen LogP contribution is -2.48. The zero-order valence-corrected chi connectivity index (χ0v) is 13.1. The summed E-state index contributed by atoms with van der Waals surface area (Å²) in [6.45, 7) is 4.26. The number of hydrogen-bond donors (Lipinski definition) is 1. The summed E-state index contributed by atoms with van der Waals surface area (Å²) in [7, 11) is 0. The van der Waals surface area contributed by atoms with Crippen molar-refractivity contribution >= 4 is 0 Å². The van der Waals surface area contributed by atoms with E-state index in [4.69, 9.17) is 0 Å². The Hall–Kier alpha value is -0.860. The van der Waals surface area contributed by atoms with Crippen LogP contribution in [-0.2, 0) is 5.60 Å². The van der Waals surface area contributed by atoms with Crippen molar-refractivity contribution in [3.63, 3.8) is 0 Å². The Labute approximate surface area is 128 Å². The Morgan fingerprint density at radius 2 is 1.86 bits per heavy atom. The molecule has 2 aliphatic carbocycles. The molecule has 1 N–H and O–H groups in total. The third-order valence-electron chi connectivity index (χ3n) is 6.44. The Morgan fingerprint density at radius 3 is 2.48 bits per heavy atom. The minimum absolute atomic E-state index is 0.598. The van der Waals surface area contributed by atoms with E-state index in [0.717, 1.165) is 49.4 Å². The Balaban J connectivity index is 1.46. The summed E-state index contributed by atoms with van der Waals surface area (Å²) in [5, 5.41) is 11.1. The van der Waals surface area contributed by atoms with Gasteiger partial charge in [0.05, 0.1) is 5.60 Å². The molecular weight excluding hydrogens is 258 g/mol. The van der Waals surface area contributed by atoms with Gasteiger partial charge < -0.3 is 5.11 Å². The van der Waals surface area contributed by atoms with Crippen LogP contribution in [-0.4, -0.2) is 29.1 Å². The number of aliphatic hydroxyl groups is 1. The van der Waals surface area contributed by atoms with E-state index < -0.39 is 5.60 Å². The second-order valence-electron chi connectivity index (χ2n) is 7.62. The molecule has 1 heterocycles. The molecule has 3 atom stereocenters. The van der Waals surface area contributed by atoms with E-state index in [-0.39, 0.29) is 0 Å². The maximum Gasteiger partial charge on any atom is 0.0923 e. The van der Waals surface area contributed by atoms with Crippen LogP contribution in [0.3, 0.4) is 0 Å². The minimum Gasteiger partial charge on any atom is -0.385 e. The highest BCUT2D eigenvalue weighted by Gasteiger charge is 2.44. The van der Waals surface area contributed by atoms with Gasteiger partial charge in [-0.05, 0) is 62.0 Å². The van der Waals surface area contributed by atoms with Crippen molar-refractivity contribution in [2.24, 2.45) is 11.8 Å². The fourth-order valence-electron chi connectivity index (χ4n) is 5.25. The summed E-state index contributed by atoms with van der Waals surface area (Å²) in [6, 6.07) is 9.18. The molecule has 3 fully saturated rings. The van der Waals surface area contributed by atoms with E-state index in [1.54, 1.807) is 0 Å². The second kappa shape index (κ2) is 5.10. The molecule has 0 spiro atoms. The van der Waals surface area contributed by atoms with Gasteiger partial charge in [0.1, 0.15) is 0 Å². The van der Waals surface area contributed by atoms with Crippen LogP contribution in [0.4, 0.5) is 0 Å². The fraction of sp³-hybridized carbons (Fsp3) is 0.684. The second-order valence-corrected chi connectivity index (χ2v) is 7.62. The first-order valence-electron chi connectivity index (χ1n) is 8.68. The predicted octanol–water partition coefficient (Wildman–Crippen LogP) is 3.47. The van der Waals surface area contributed by atoms with Crippen LogP contribution in [0.5, 0.6) is 0 Å². The van der Waals surface area contributed by atoms with Gasteiger partial charge >= 0.3 is 0 Å². The number of piperidine rings is 1. The molecule has 4 rings (SSSR count). The lowest BCUT2D eigenvalue weighted by Gasteiger charge is -2.43. The van der Waals surface area contributed by atoms with E-state index >= 15 is 0 Å². The van der Waals surface area contributed by atoms with Crippen molar-refractivity contribution in [3.8, 4) is 0 Å². The molecule has 2 heteroatoms. The topological polar surface area (TPSA) is 23.5 Å². The SMILES string of the molecule is Cc1ccccc1C1(O)CCN([C@H]2C[C@H]3CCC2C3)CC1. The number of nitrogens with zero attached hydrogens (tertiary/aromatic N) is 1. The number of rotatable bonds is 2. The molecule has 1 unspecified atom stereocenters. The van der Waals surface area contributed by atoms with Crippen molar-refractivity contribution in [2.45, 2.75) is 57.1 Å². The average molecular weight is 285 g/mol. The zero-order valence-electron chi connectivity index (χ0n) is 13.1. The van der Waals surface area contributed by atoms with Crippen LogP contribution in [0.1, 0.15) is 49.7 Å². The van der Waals surface area contributed by atoms with Crippen LogP contribution in [0.15, 0.2) is 24.3 Å². The smallest absolute Gasteiger partial charge is 0.0923 e. The largest absolute Gasteiger partial charge is 0.385 e. The third kappa shape index (κ3) is 2.33. The highest BCUT2D eigenvalue weighted by Crippen LogP contribution is 2.48. The van der Waals surface area contributed by atoms with Gasteiger partial charge in [0, 0.05) is 19.1 Å². The first-order chi connectivity index (χ1) is 10.2. The monoisotopic (exact) mass is 285 g/mol. The molecular formula is C19H27NO. The maximum atomic E-state index is 11.1. The van der Waals surface area contributed by atoms with Crippen LogP contribution < -0.4 is 0 Å². The van der Waals surface area contributed by atoms with Crippen LogP contribution in [0.25, 0.3) is 0 Å². The van der Waals surface area contributed by atoms with Gasteiger partial charge in [0.15, 0.2) is 0 Å². The van der Waals surface area contributed by atoms with Gasteiger partial charge in [0.2, 0.25) is 0 Å². The molecule has 1 aliphatic heterocycles. The fourth-order valence-corrected chi connectivity index (χ4v) is 5.25. The zero-order chi connectivity index (χ0) is 14.4. The lowest BCUT2D eigenvalue weighted by molar-refractivity contribution is -0.0417. The standard InChI is InChI=1S/C19H27NO/c1-14-4-2-3-5-17(14)19(21)8-10-20(11-9-19)18-13-15-6-7-16(18)12-15/h2-5,15-16,18,21H,6-13H2,1H3/t15-,16?,18-/m0/s1. The van der Waals surface area contributed by atoms with Crippen molar-refractivity contribution < 1.29 is 5.11 Å². The quantitative estimate of drug-likeness (QED) is 0.899. The molecule has 2 bridgehead atoms. The van der Waals surface area contributed by atoms with Gasteiger partial charge in [0.25, 0.3) is 0 Å². The van der Waals surface area contributed by atoms with E-state index in [9.17, 15) is 5.11 Å². The summed E-state index contributed by atoms with van der Waals surface area (Å²) >= 11 is 0. The van der Waals surface area contributed by atoms with Crippen molar-refractivity contribution in [1.82, 2.24) is 4.90 Å². The van der Waals surface area contributed by atoms with Gasteiger partial charge in [-0.3, -0.25) is 4.90 Å². The van der Waals surface area contributed by atoms with E-state index in [0.29, 0.717) is 0 Å². The third-order valence-corrected chi connectivity index (χ3v) is 6.44. The summed E-state index contributed by atoms with van der Waals surface area (Å²) < 4.78 is 0. The number of fused-ring (bicyclic) bond motifs is 2. The summed E-state index contributed by atoms with van der Waals surface area (Å²) in [4.78, 5) is 2.69. The molecule has 1 saturated heterocycles. The number of benzene rings is 1. The molecule has 21 heavy (non-hydrogen) atoms. The van der Waals surface area contributed by atoms with E-state index in [1.165, 1.54) is 31.2 Å². The predicted molar refractivity (Wildman–Crippen MR) is 85.1 cm³/mol. The van der Waals surface area contributed by atoms with Gasteiger partial charge in [-0.25, -0.2) is 0 Å². The van der Waals surface area contributed by atoms with Crippen LogP contribution in [0, 0.1) is 18.8 Å². The first kappa shape index (κ1) is 13.8. The van der Waals surface area contributed by atoms with Gasteiger partial charge in [-0.2, -0.15) is 0 Å². The van der Waals surface area contributed by atoms with Crippen molar-refractivity contribution in [1.29, 1.82) is 0 Å². The first-order valence-corrected chi connectivity index (χ1v) is 8.68. The highest BCUT2D eigenvalue weighted by atomic mass is 16.3. The molecule has 0 radical (unpaired) electrons. The molecule has 114 valence electrons. The molecule has 0 amide bonds. The van der Waals surface area contributed by atoms with Gasteiger partial charge in [-0.15, -0.1) is 0 Å².